The molecule has 14 heavy (non-hydrogen) atoms. The Labute approximate surface area is 89.3 Å². The van der Waals surface area contributed by atoms with Crippen LogP contribution in [0.5, 0.6) is 0 Å². The minimum atomic E-state index is 0.606. The van der Waals surface area contributed by atoms with Crippen LogP contribution >= 0.6 is 11.6 Å². The standard InChI is InChI=1S/C11H15ClN2/c1-7-3-2-4-9-10(12)13-11(14(7)9)8-5-6-8/h7-8H,2-6H2,1H3. The molecule has 3 heteroatoms. The van der Waals surface area contributed by atoms with Gasteiger partial charge in [0.2, 0.25) is 0 Å². The summed E-state index contributed by atoms with van der Waals surface area (Å²) in [5.41, 5.74) is 1.28. The summed E-state index contributed by atoms with van der Waals surface area (Å²) in [5.74, 6) is 1.97. The Balaban J connectivity index is 2.12. The first-order valence-electron chi connectivity index (χ1n) is 5.54. The van der Waals surface area contributed by atoms with Crippen molar-refractivity contribution in [1.29, 1.82) is 0 Å². The molecule has 1 aromatic heterocycles. The summed E-state index contributed by atoms with van der Waals surface area (Å²) in [7, 11) is 0. The summed E-state index contributed by atoms with van der Waals surface area (Å²) < 4.78 is 2.41. The highest BCUT2D eigenvalue weighted by atomic mass is 35.5. The molecule has 1 unspecified atom stereocenters. The summed E-state index contributed by atoms with van der Waals surface area (Å²) in [6, 6.07) is 0.606. The van der Waals surface area contributed by atoms with E-state index in [1.165, 1.54) is 37.2 Å². The lowest BCUT2D eigenvalue weighted by atomic mass is 10.0. The maximum absolute atomic E-state index is 6.17. The summed E-state index contributed by atoms with van der Waals surface area (Å²) in [5, 5.41) is 0.762. The van der Waals surface area contributed by atoms with E-state index in [1.807, 2.05) is 0 Å². The molecule has 0 N–H and O–H groups in total. The van der Waals surface area contributed by atoms with E-state index < -0.39 is 0 Å². The van der Waals surface area contributed by atoms with Crippen molar-refractivity contribution in [1.82, 2.24) is 9.55 Å². The van der Waals surface area contributed by atoms with Crippen LogP contribution in [-0.2, 0) is 6.42 Å². The van der Waals surface area contributed by atoms with Gasteiger partial charge in [-0.15, -0.1) is 0 Å². The number of imidazole rings is 1. The minimum absolute atomic E-state index is 0.606. The van der Waals surface area contributed by atoms with Crippen molar-refractivity contribution in [3.05, 3.63) is 16.7 Å². The van der Waals surface area contributed by atoms with Crippen LogP contribution in [0.3, 0.4) is 0 Å². The number of aromatic nitrogens is 2. The van der Waals surface area contributed by atoms with Crippen molar-refractivity contribution in [3.63, 3.8) is 0 Å². The van der Waals surface area contributed by atoms with Crippen molar-refractivity contribution >= 4 is 11.6 Å². The SMILES string of the molecule is CC1CCCc2c(Cl)nc(C3CC3)n21. The van der Waals surface area contributed by atoms with Crippen molar-refractivity contribution in [2.24, 2.45) is 0 Å². The highest BCUT2D eigenvalue weighted by molar-refractivity contribution is 6.30. The van der Waals surface area contributed by atoms with E-state index >= 15 is 0 Å². The molecule has 2 aliphatic rings. The van der Waals surface area contributed by atoms with Crippen molar-refractivity contribution in [2.75, 3.05) is 0 Å². The van der Waals surface area contributed by atoms with Crippen LogP contribution in [0, 0.1) is 0 Å². The van der Waals surface area contributed by atoms with Gasteiger partial charge in [-0.3, -0.25) is 0 Å². The summed E-state index contributed by atoms with van der Waals surface area (Å²) in [6.45, 7) is 2.28. The Morgan fingerprint density at radius 3 is 2.86 bits per heavy atom. The van der Waals surface area contributed by atoms with Gasteiger partial charge in [0, 0.05) is 12.0 Å². The third-order valence-electron chi connectivity index (χ3n) is 3.41. The molecular formula is C11H15ClN2. The monoisotopic (exact) mass is 210 g/mol. The molecule has 0 amide bonds. The highest BCUT2D eigenvalue weighted by Crippen LogP contribution is 2.43. The van der Waals surface area contributed by atoms with E-state index in [2.05, 4.69) is 16.5 Å². The van der Waals surface area contributed by atoms with Crippen LogP contribution in [0.15, 0.2) is 0 Å². The van der Waals surface area contributed by atoms with Crippen LogP contribution in [0.4, 0.5) is 0 Å². The van der Waals surface area contributed by atoms with Crippen LogP contribution in [0.1, 0.15) is 56.1 Å². The molecule has 0 spiro atoms. The molecular weight excluding hydrogens is 196 g/mol. The maximum Gasteiger partial charge on any atom is 0.150 e. The van der Waals surface area contributed by atoms with Crippen LogP contribution in [0.2, 0.25) is 5.15 Å². The van der Waals surface area contributed by atoms with Gasteiger partial charge in [0.05, 0.1) is 5.69 Å². The normalized spacial score (nSPS) is 26.3. The van der Waals surface area contributed by atoms with Crippen molar-refractivity contribution < 1.29 is 0 Å². The first-order chi connectivity index (χ1) is 6.77. The summed E-state index contributed by atoms with van der Waals surface area (Å²) in [4.78, 5) is 4.53. The zero-order valence-electron chi connectivity index (χ0n) is 8.46. The lowest BCUT2D eigenvalue weighted by molar-refractivity contribution is 0.419. The predicted molar refractivity (Wildman–Crippen MR) is 56.9 cm³/mol. The van der Waals surface area contributed by atoms with Gasteiger partial charge < -0.3 is 4.57 Å². The highest BCUT2D eigenvalue weighted by Gasteiger charge is 2.33. The number of halogens is 1. The van der Waals surface area contributed by atoms with Gasteiger partial charge in [0.25, 0.3) is 0 Å². The first-order valence-corrected chi connectivity index (χ1v) is 5.91. The Morgan fingerprint density at radius 2 is 2.14 bits per heavy atom. The quantitative estimate of drug-likeness (QED) is 0.696. The average molecular weight is 211 g/mol. The van der Waals surface area contributed by atoms with E-state index in [9.17, 15) is 0 Å². The number of hydrogen-bond donors (Lipinski definition) is 0. The van der Waals surface area contributed by atoms with Crippen LogP contribution in [-0.4, -0.2) is 9.55 Å². The average Bonchev–Trinajstić information content (AvgIpc) is 2.94. The smallest absolute Gasteiger partial charge is 0.150 e. The zero-order chi connectivity index (χ0) is 9.71. The van der Waals surface area contributed by atoms with Crippen LogP contribution in [0.25, 0.3) is 0 Å². The second kappa shape index (κ2) is 2.99. The van der Waals surface area contributed by atoms with Crippen molar-refractivity contribution in [2.45, 2.75) is 51.0 Å². The molecule has 1 fully saturated rings. The molecule has 0 radical (unpaired) electrons. The third-order valence-corrected chi connectivity index (χ3v) is 3.71. The molecule has 1 aromatic rings. The van der Waals surface area contributed by atoms with E-state index in [0.717, 1.165) is 11.6 Å². The molecule has 1 aliphatic heterocycles. The lowest BCUT2D eigenvalue weighted by Crippen LogP contribution is -2.17. The van der Waals surface area contributed by atoms with E-state index in [1.54, 1.807) is 0 Å². The fraction of sp³-hybridized carbons (Fsp3) is 0.727. The Morgan fingerprint density at radius 1 is 1.36 bits per heavy atom. The molecule has 2 heterocycles. The second-order valence-corrected chi connectivity index (χ2v) is 4.95. The molecule has 0 bridgehead atoms. The Kier molecular flexibility index (Phi) is 1.88. The second-order valence-electron chi connectivity index (χ2n) is 4.59. The Hall–Kier alpha value is -0.500. The third kappa shape index (κ3) is 1.20. The largest absolute Gasteiger partial charge is 0.328 e. The number of rotatable bonds is 1. The fourth-order valence-corrected chi connectivity index (χ4v) is 2.77. The van der Waals surface area contributed by atoms with Crippen LogP contribution < -0.4 is 0 Å². The van der Waals surface area contributed by atoms with E-state index in [-0.39, 0.29) is 0 Å². The van der Waals surface area contributed by atoms with E-state index in [0.29, 0.717) is 12.0 Å². The Bertz CT molecular complexity index is 366. The van der Waals surface area contributed by atoms with Gasteiger partial charge in [0.1, 0.15) is 5.82 Å². The minimum Gasteiger partial charge on any atom is -0.328 e. The van der Waals surface area contributed by atoms with Gasteiger partial charge >= 0.3 is 0 Å². The maximum atomic E-state index is 6.17. The number of fused-ring (bicyclic) bond motifs is 1. The zero-order valence-corrected chi connectivity index (χ0v) is 9.22. The summed E-state index contributed by atoms with van der Waals surface area (Å²) in [6.07, 6.45) is 6.26. The molecule has 1 aliphatic carbocycles. The van der Waals surface area contributed by atoms with Gasteiger partial charge in [-0.1, -0.05) is 11.6 Å². The summed E-state index contributed by atoms with van der Waals surface area (Å²) >= 11 is 6.17. The van der Waals surface area contributed by atoms with E-state index in [4.69, 9.17) is 11.6 Å². The number of nitrogens with zero attached hydrogens (tertiary/aromatic N) is 2. The molecule has 0 aromatic carbocycles. The molecule has 0 saturated heterocycles. The van der Waals surface area contributed by atoms with Gasteiger partial charge in [0.15, 0.2) is 5.15 Å². The molecule has 2 nitrogen and oxygen atoms in total. The molecule has 76 valence electrons. The molecule has 1 saturated carbocycles. The van der Waals surface area contributed by atoms with Crippen molar-refractivity contribution in [3.8, 4) is 0 Å². The van der Waals surface area contributed by atoms with Gasteiger partial charge in [-0.25, -0.2) is 4.98 Å². The molecule has 3 rings (SSSR count). The molecule has 1 atom stereocenters. The predicted octanol–water partition coefficient (Wildman–Crippen LogP) is 3.31. The fourth-order valence-electron chi connectivity index (χ4n) is 2.50. The lowest BCUT2D eigenvalue weighted by Gasteiger charge is -2.24. The first kappa shape index (κ1) is 8.78. The van der Waals surface area contributed by atoms with Gasteiger partial charge in [-0.2, -0.15) is 0 Å². The van der Waals surface area contributed by atoms with Gasteiger partial charge in [-0.05, 0) is 39.0 Å². The topological polar surface area (TPSA) is 17.8 Å². The number of hydrogen-bond acceptors (Lipinski definition) is 1.